The lowest BCUT2D eigenvalue weighted by Crippen LogP contribution is -2.35. The minimum atomic E-state index is -0.527. The molecule has 5 heteroatoms. The predicted molar refractivity (Wildman–Crippen MR) is 94.9 cm³/mol. The van der Waals surface area contributed by atoms with Gasteiger partial charge in [-0.05, 0) is 44.2 Å². The maximum Gasteiger partial charge on any atom is 0.256 e. The standard InChI is InChI=1S/C19H19N3O2/c1-14-6-3-7-15(12-14)18(23)22-16-8-4-9-17(21-16)24-19(2)10-5-11-20-13-19/h3-12H,13H2,1-2H3,(H,21,22,23). The van der Waals surface area contributed by atoms with E-state index in [1.165, 1.54) is 0 Å². The molecule has 0 aliphatic carbocycles. The Morgan fingerprint density at radius 2 is 2.08 bits per heavy atom. The van der Waals surface area contributed by atoms with Crippen molar-refractivity contribution in [2.75, 3.05) is 11.9 Å². The maximum absolute atomic E-state index is 12.3. The van der Waals surface area contributed by atoms with E-state index in [4.69, 9.17) is 4.74 Å². The van der Waals surface area contributed by atoms with Crippen LogP contribution in [0, 0.1) is 6.92 Å². The summed E-state index contributed by atoms with van der Waals surface area (Å²) in [5.41, 5.74) is 1.10. The summed E-state index contributed by atoms with van der Waals surface area (Å²) in [6.07, 6.45) is 5.55. The average molecular weight is 321 g/mol. The third kappa shape index (κ3) is 3.87. The molecular weight excluding hydrogens is 302 g/mol. The lowest BCUT2D eigenvalue weighted by atomic mass is 10.1. The predicted octanol–water partition coefficient (Wildman–Crippen LogP) is 3.42. The fourth-order valence-corrected chi connectivity index (χ4v) is 2.42. The Labute approximate surface area is 141 Å². The zero-order valence-electron chi connectivity index (χ0n) is 13.7. The van der Waals surface area contributed by atoms with E-state index in [0.717, 1.165) is 5.56 Å². The summed E-state index contributed by atoms with van der Waals surface area (Å²) >= 11 is 0. The van der Waals surface area contributed by atoms with Crippen LogP contribution in [0.5, 0.6) is 5.88 Å². The topological polar surface area (TPSA) is 63.6 Å². The van der Waals surface area contributed by atoms with E-state index in [2.05, 4.69) is 15.3 Å². The van der Waals surface area contributed by atoms with Crippen LogP contribution in [0.1, 0.15) is 22.8 Å². The smallest absolute Gasteiger partial charge is 0.256 e. The van der Waals surface area contributed by atoms with E-state index in [9.17, 15) is 4.79 Å². The van der Waals surface area contributed by atoms with Crippen molar-refractivity contribution in [1.29, 1.82) is 0 Å². The molecule has 1 atom stereocenters. The Bertz CT molecular complexity index is 814. The quantitative estimate of drug-likeness (QED) is 0.938. The van der Waals surface area contributed by atoms with Gasteiger partial charge in [-0.15, -0.1) is 0 Å². The second-order valence-corrected chi connectivity index (χ2v) is 5.95. The van der Waals surface area contributed by atoms with Crippen molar-refractivity contribution in [3.8, 4) is 5.88 Å². The normalized spacial score (nSPS) is 19.1. The molecule has 2 aromatic rings. The van der Waals surface area contributed by atoms with Gasteiger partial charge in [0, 0.05) is 17.8 Å². The molecule has 5 nitrogen and oxygen atoms in total. The van der Waals surface area contributed by atoms with Gasteiger partial charge in [-0.1, -0.05) is 23.8 Å². The van der Waals surface area contributed by atoms with Gasteiger partial charge in [0.1, 0.15) is 11.4 Å². The third-order valence-corrected chi connectivity index (χ3v) is 3.63. The van der Waals surface area contributed by atoms with E-state index in [1.807, 2.05) is 44.2 Å². The second-order valence-electron chi connectivity index (χ2n) is 5.95. The minimum Gasteiger partial charge on any atom is -0.465 e. The number of benzene rings is 1. The fraction of sp³-hybridized carbons (Fsp3) is 0.211. The molecule has 3 rings (SSSR count). The number of hydrogen-bond donors (Lipinski definition) is 1. The van der Waals surface area contributed by atoms with E-state index in [-0.39, 0.29) is 5.91 Å². The number of aromatic nitrogens is 1. The molecule has 1 aromatic heterocycles. The van der Waals surface area contributed by atoms with E-state index < -0.39 is 5.60 Å². The van der Waals surface area contributed by atoms with Gasteiger partial charge < -0.3 is 10.1 Å². The van der Waals surface area contributed by atoms with Crippen molar-refractivity contribution in [3.05, 3.63) is 65.7 Å². The molecule has 24 heavy (non-hydrogen) atoms. The molecule has 1 aliphatic rings. The first kappa shape index (κ1) is 15.9. The number of amides is 1. The highest BCUT2D eigenvalue weighted by molar-refractivity contribution is 6.03. The van der Waals surface area contributed by atoms with Crippen molar-refractivity contribution in [2.24, 2.45) is 4.99 Å². The molecule has 1 aliphatic heterocycles. The van der Waals surface area contributed by atoms with Crippen LogP contribution < -0.4 is 10.1 Å². The number of rotatable bonds is 4. The van der Waals surface area contributed by atoms with E-state index in [1.54, 1.807) is 30.5 Å². The first-order chi connectivity index (χ1) is 11.5. The van der Waals surface area contributed by atoms with Crippen molar-refractivity contribution in [2.45, 2.75) is 19.4 Å². The van der Waals surface area contributed by atoms with Crippen molar-refractivity contribution in [3.63, 3.8) is 0 Å². The first-order valence-electron chi connectivity index (χ1n) is 7.76. The van der Waals surface area contributed by atoms with Crippen LogP contribution in [0.15, 0.2) is 59.6 Å². The summed E-state index contributed by atoms with van der Waals surface area (Å²) in [7, 11) is 0. The molecule has 0 spiro atoms. The Hall–Kier alpha value is -2.95. The number of carbonyl (C=O) groups excluding carboxylic acids is 1. The number of aliphatic imine (C=N–C) groups is 1. The molecule has 2 heterocycles. The number of nitrogens with one attached hydrogen (secondary N) is 1. The van der Waals surface area contributed by atoms with Crippen LogP contribution in [0.3, 0.4) is 0 Å². The van der Waals surface area contributed by atoms with Crippen LogP contribution >= 0.6 is 0 Å². The average Bonchev–Trinajstić information content (AvgIpc) is 2.55. The highest BCUT2D eigenvalue weighted by Crippen LogP contribution is 2.21. The molecular formula is C19H19N3O2. The minimum absolute atomic E-state index is 0.197. The molecule has 0 saturated carbocycles. The largest absolute Gasteiger partial charge is 0.465 e. The maximum atomic E-state index is 12.3. The molecule has 1 unspecified atom stereocenters. The number of ether oxygens (including phenoxy) is 1. The number of nitrogens with zero attached hydrogens (tertiary/aromatic N) is 2. The molecule has 1 amide bonds. The van der Waals surface area contributed by atoms with Gasteiger partial charge in [0.15, 0.2) is 0 Å². The lowest BCUT2D eigenvalue weighted by molar-refractivity contribution is 0.102. The summed E-state index contributed by atoms with van der Waals surface area (Å²) in [5, 5.41) is 2.80. The SMILES string of the molecule is Cc1cccc(C(=O)Nc2cccc(OC3(C)C=CC=NC3)n2)c1. The molecule has 0 bridgehead atoms. The summed E-state index contributed by atoms with van der Waals surface area (Å²) < 4.78 is 5.93. The second kappa shape index (κ2) is 6.66. The van der Waals surface area contributed by atoms with Crippen LogP contribution in [0.4, 0.5) is 5.82 Å². The van der Waals surface area contributed by atoms with Gasteiger partial charge in [0.05, 0.1) is 6.54 Å². The van der Waals surface area contributed by atoms with Crippen LogP contribution in [0.2, 0.25) is 0 Å². The number of carbonyl (C=O) groups is 1. The molecule has 0 fully saturated rings. The molecule has 0 radical (unpaired) electrons. The number of anilines is 1. The summed E-state index contributed by atoms with van der Waals surface area (Å²) in [6, 6.07) is 12.7. The van der Waals surface area contributed by atoms with Crippen LogP contribution in [-0.2, 0) is 0 Å². The van der Waals surface area contributed by atoms with Gasteiger partial charge in [-0.2, -0.15) is 4.98 Å². The van der Waals surface area contributed by atoms with Crippen LogP contribution in [0.25, 0.3) is 0 Å². The zero-order valence-corrected chi connectivity index (χ0v) is 13.7. The number of hydrogen-bond acceptors (Lipinski definition) is 4. The molecule has 0 saturated heterocycles. The molecule has 122 valence electrons. The van der Waals surface area contributed by atoms with Crippen molar-refractivity contribution in [1.82, 2.24) is 4.98 Å². The fourth-order valence-electron chi connectivity index (χ4n) is 2.42. The Morgan fingerprint density at radius 1 is 1.25 bits per heavy atom. The van der Waals surface area contributed by atoms with Gasteiger partial charge in [-0.25, -0.2) is 0 Å². The third-order valence-electron chi connectivity index (χ3n) is 3.63. The van der Waals surface area contributed by atoms with Crippen molar-refractivity contribution < 1.29 is 9.53 Å². The zero-order chi connectivity index (χ0) is 17.0. The summed E-state index contributed by atoms with van der Waals surface area (Å²) in [5.74, 6) is 0.698. The Balaban J connectivity index is 1.72. The van der Waals surface area contributed by atoms with E-state index >= 15 is 0 Å². The number of allylic oxidation sites excluding steroid dienone is 1. The Kier molecular flexibility index (Phi) is 4.42. The van der Waals surface area contributed by atoms with Crippen molar-refractivity contribution >= 4 is 17.9 Å². The number of pyridine rings is 1. The molecule has 1 N–H and O–H groups in total. The van der Waals surface area contributed by atoms with Gasteiger partial charge in [0.2, 0.25) is 5.88 Å². The van der Waals surface area contributed by atoms with Gasteiger partial charge in [-0.3, -0.25) is 9.79 Å². The number of aryl methyl sites for hydroxylation is 1. The lowest BCUT2D eigenvalue weighted by Gasteiger charge is -2.26. The highest BCUT2D eigenvalue weighted by atomic mass is 16.5. The summed E-state index contributed by atoms with van der Waals surface area (Å²) in [4.78, 5) is 20.9. The summed E-state index contributed by atoms with van der Waals surface area (Å²) in [6.45, 7) is 4.43. The molecule has 1 aromatic carbocycles. The van der Waals surface area contributed by atoms with Crippen LogP contribution in [-0.4, -0.2) is 29.3 Å². The van der Waals surface area contributed by atoms with Gasteiger partial charge in [0.25, 0.3) is 5.91 Å². The Morgan fingerprint density at radius 3 is 2.83 bits per heavy atom. The first-order valence-corrected chi connectivity index (χ1v) is 7.76. The monoisotopic (exact) mass is 321 g/mol. The van der Waals surface area contributed by atoms with Gasteiger partial charge >= 0.3 is 0 Å². The van der Waals surface area contributed by atoms with E-state index in [0.29, 0.717) is 23.8 Å². The number of dihydropyridines is 1. The highest BCUT2D eigenvalue weighted by Gasteiger charge is 2.24.